The number of carbonyl (C=O) groups is 4. The van der Waals surface area contributed by atoms with Gasteiger partial charge in [0.2, 0.25) is 0 Å². The van der Waals surface area contributed by atoms with Gasteiger partial charge in [-0.15, -0.1) is 0 Å². The minimum absolute atomic E-state index is 0.0244. The third kappa shape index (κ3) is 8.93. The Hall–Kier alpha value is -5.64. The van der Waals surface area contributed by atoms with Crippen LogP contribution in [0.2, 0.25) is 0 Å². The molecular weight excluding hydrogens is 586 g/mol. The van der Waals surface area contributed by atoms with Crippen molar-refractivity contribution in [3.8, 4) is 45.3 Å². The molecule has 232 valence electrons. The number of carbonyl (C=O) groups excluding carboxylic acids is 4. The van der Waals surface area contributed by atoms with E-state index in [0.717, 1.165) is 0 Å². The zero-order chi connectivity index (χ0) is 33.6. The van der Waals surface area contributed by atoms with Crippen LogP contribution in [-0.4, -0.2) is 23.9 Å². The first kappa shape index (κ1) is 33.9. The molecule has 0 saturated carbocycles. The fourth-order valence-corrected chi connectivity index (χ4v) is 3.66. The summed E-state index contributed by atoms with van der Waals surface area (Å²) in [6.07, 6.45) is -2.99. The van der Waals surface area contributed by atoms with Crippen LogP contribution in [0.5, 0.6) is 23.0 Å². The van der Waals surface area contributed by atoms with Gasteiger partial charge in [0, 0.05) is 40.0 Å². The minimum Gasteiger partial charge on any atom is -0.423 e. The highest BCUT2D eigenvalue weighted by Crippen LogP contribution is 2.39. The molecule has 45 heavy (non-hydrogen) atoms. The lowest BCUT2D eigenvalue weighted by atomic mass is 9.94. The highest BCUT2D eigenvalue weighted by Gasteiger charge is 2.20. The quantitative estimate of drug-likeness (QED) is 0.122. The zero-order valence-electron chi connectivity index (χ0n) is 25.1. The third-order valence-corrected chi connectivity index (χ3v) is 5.93. The van der Waals surface area contributed by atoms with Gasteiger partial charge in [0.15, 0.2) is 0 Å². The number of alkyl halides is 2. The van der Waals surface area contributed by atoms with Crippen LogP contribution in [0.3, 0.4) is 0 Å². The molecule has 0 bridgehead atoms. The summed E-state index contributed by atoms with van der Waals surface area (Å²) in [4.78, 5) is 48.8. The smallest absolute Gasteiger partial charge is 0.338 e. The number of benzene rings is 3. The molecule has 0 atom stereocenters. The van der Waals surface area contributed by atoms with E-state index in [1.54, 1.807) is 0 Å². The molecule has 0 N–H and O–H groups in total. The Kier molecular flexibility index (Phi) is 10.7. The second kappa shape index (κ2) is 14.2. The van der Waals surface area contributed by atoms with E-state index in [2.05, 4.69) is 26.3 Å². The maximum atomic E-state index is 14.6. The molecule has 8 nitrogen and oxygen atoms in total. The summed E-state index contributed by atoms with van der Waals surface area (Å²) in [5.74, 6) is -3.25. The molecular formula is C35H30F2O8. The van der Waals surface area contributed by atoms with Crippen LogP contribution in [0.25, 0.3) is 22.3 Å². The second-order valence-corrected chi connectivity index (χ2v) is 10.2. The number of hydrogen-bond donors (Lipinski definition) is 0. The molecule has 0 aliphatic rings. The average molecular weight is 617 g/mol. The maximum Gasteiger partial charge on any atom is 0.338 e. The predicted molar refractivity (Wildman–Crippen MR) is 164 cm³/mol. The standard InChI is InChI=1S/C35H30F2O8/c1-18(2)32(38)42-25-11-23(12-26(16-25)43-33(39)19(3)4)22-9-10-29(30(15-22)31(36)37)24-13-27(44-34(40)20(5)6)17-28(14-24)45-35(41)21(7)8/h9-17,31H,1,3,5,7H2,2,4,6,8H3. The van der Waals surface area contributed by atoms with Gasteiger partial charge in [-0.1, -0.05) is 38.4 Å². The van der Waals surface area contributed by atoms with Crippen molar-refractivity contribution in [1.29, 1.82) is 0 Å². The van der Waals surface area contributed by atoms with Gasteiger partial charge < -0.3 is 18.9 Å². The van der Waals surface area contributed by atoms with E-state index >= 15 is 0 Å². The lowest BCUT2D eigenvalue weighted by Crippen LogP contribution is -2.10. The molecule has 0 aliphatic heterocycles. The Morgan fingerprint density at radius 1 is 0.511 bits per heavy atom. The van der Waals surface area contributed by atoms with E-state index in [4.69, 9.17) is 18.9 Å². The minimum atomic E-state index is -2.99. The molecule has 0 aliphatic carbocycles. The molecule has 0 heterocycles. The van der Waals surface area contributed by atoms with Gasteiger partial charge in [-0.3, -0.25) is 0 Å². The third-order valence-electron chi connectivity index (χ3n) is 5.93. The number of ether oxygens (including phenoxy) is 4. The normalized spacial score (nSPS) is 10.5. The van der Waals surface area contributed by atoms with Crippen LogP contribution in [0, 0.1) is 0 Å². The Morgan fingerprint density at radius 3 is 1.16 bits per heavy atom. The van der Waals surface area contributed by atoms with E-state index in [9.17, 15) is 28.0 Å². The SMILES string of the molecule is C=C(C)C(=O)Oc1cc(OC(=O)C(=C)C)cc(-c2ccc(-c3cc(OC(=O)C(=C)C)cc(OC(=O)C(=C)C)c3)c(C(F)F)c2)c1. The summed E-state index contributed by atoms with van der Waals surface area (Å²) in [5, 5.41) is 0. The van der Waals surface area contributed by atoms with E-state index in [0.29, 0.717) is 0 Å². The Bertz CT molecular complexity index is 1670. The summed E-state index contributed by atoms with van der Waals surface area (Å²) in [6, 6.07) is 12.2. The van der Waals surface area contributed by atoms with Crippen LogP contribution in [-0.2, 0) is 19.2 Å². The number of hydrogen-bond acceptors (Lipinski definition) is 8. The largest absolute Gasteiger partial charge is 0.423 e. The monoisotopic (exact) mass is 616 g/mol. The Labute approximate surface area is 258 Å². The van der Waals surface area contributed by atoms with Gasteiger partial charge in [0.1, 0.15) is 23.0 Å². The lowest BCUT2D eigenvalue weighted by molar-refractivity contribution is -0.131. The zero-order valence-corrected chi connectivity index (χ0v) is 25.1. The first-order chi connectivity index (χ1) is 21.0. The summed E-state index contributed by atoms with van der Waals surface area (Å²) in [6.45, 7) is 19.9. The van der Waals surface area contributed by atoms with Crippen LogP contribution < -0.4 is 18.9 Å². The van der Waals surface area contributed by atoms with Crippen molar-refractivity contribution in [2.75, 3.05) is 0 Å². The van der Waals surface area contributed by atoms with Crippen LogP contribution >= 0.6 is 0 Å². The van der Waals surface area contributed by atoms with Crippen molar-refractivity contribution >= 4 is 23.9 Å². The van der Waals surface area contributed by atoms with Crippen molar-refractivity contribution in [2.45, 2.75) is 34.1 Å². The van der Waals surface area contributed by atoms with Crippen molar-refractivity contribution in [3.63, 3.8) is 0 Å². The highest BCUT2D eigenvalue weighted by atomic mass is 19.3. The predicted octanol–water partition coefficient (Wildman–Crippen LogP) is 7.88. The first-order valence-corrected chi connectivity index (χ1v) is 13.3. The summed E-state index contributed by atoms with van der Waals surface area (Å²) < 4.78 is 50.4. The van der Waals surface area contributed by atoms with Crippen molar-refractivity contribution < 1.29 is 46.9 Å². The molecule has 3 rings (SSSR count). The molecule has 0 aromatic heterocycles. The number of halogens is 2. The van der Waals surface area contributed by atoms with Crippen molar-refractivity contribution in [2.24, 2.45) is 0 Å². The van der Waals surface area contributed by atoms with Crippen LogP contribution in [0.4, 0.5) is 8.78 Å². The van der Waals surface area contributed by atoms with Gasteiger partial charge in [0.05, 0.1) is 0 Å². The highest BCUT2D eigenvalue weighted by molar-refractivity contribution is 5.92. The van der Waals surface area contributed by atoms with E-state index in [-0.39, 0.29) is 67.5 Å². The van der Waals surface area contributed by atoms with Gasteiger partial charge in [0.25, 0.3) is 6.43 Å². The van der Waals surface area contributed by atoms with Gasteiger partial charge >= 0.3 is 23.9 Å². The fraction of sp³-hybridized carbons (Fsp3) is 0.143. The van der Waals surface area contributed by atoms with Crippen molar-refractivity contribution in [3.05, 3.63) is 109 Å². The topological polar surface area (TPSA) is 105 Å². The summed E-state index contributed by atoms with van der Waals surface area (Å²) in [5.41, 5.74) is 0.670. The second-order valence-electron chi connectivity index (χ2n) is 10.2. The average Bonchev–Trinajstić information content (AvgIpc) is 2.96. The molecule has 0 unspecified atom stereocenters. The lowest BCUT2D eigenvalue weighted by Gasteiger charge is -2.16. The Morgan fingerprint density at radius 2 is 0.844 bits per heavy atom. The van der Waals surface area contributed by atoms with Gasteiger partial charge in [-0.2, -0.15) is 0 Å². The number of esters is 4. The molecule has 0 radical (unpaired) electrons. The molecule has 3 aromatic carbocycles. The van der Waals surface area contributed by atoms with E-state index in [1.165, 1.54) is 82.3 Å². The van der Waals surface area contributed by atoms with E-state index < -0.39 is 35.9 Å². The Balaban J connectivity index is 2.18. The van der Waals surface area contributed by atoms with Gasteiger partial charge in [-0.05, 0) is 80.3 Å². The van der Waals surface area contributed by atoms with Gasteiger partial charge in [-0.25, -0.2) is 28.0 Å². The number of rotatable bonds is 11. The maximum absolute atomic E-state index is 14.6. The molecule has 3 aromatic rings. The molecule has 0 fully saturated rings. The van der Waals surface area contributed by atoms with Crippen molar-refractivity contribution in [1.82, 2.24) is 0 Å². The summed E-state index contributed by atoms with van der Waals surface area (Å²) in [7, 11) is 0. The molecule has 0 saturated heterocycles. The molecule has 10 heteroatoms. The summed E-state index contributed by atoms with van der Waals surface area (Å²) >= 11 is 0. The van der Waals surface area contributed by atoms with Crippen LogP contribution in [0.15, 0.2) is 103 Å². The molecule has 0 spiro atoms. The van der Waals surface area contributed by atoms with Crippen LogP contribution in [0.1, 0.15) is 39.7 Å². The van der Waals surface area contributed by atoms with E-state index in [1.807, 2.05) is 0 Å². The molecule has 0 amide bonds. The fourth-order valence-electron chi connectivity index (χ4n) is 3.66. The first-order valence-electron chi connectivity index (χ1n) is 13.3.